The zero-order valence-electron chi connectivity index (χ0n) is 11.7. The molecule has 0 bridgehead atoms. The van der Waals surface area contributed by atoms with Gasteiger partial charge in [0.15, 0.2) is 0 Å². The van der Waals surface area contributed by atoms with Crippen molar-refractivity contribution in [1.82, 2.24) is 4.90 Å². The van der Waals surface area contributed by atoms with Crippen LogP contribution in [0.25, 0.3) is 0 Å². The van der Waals surface area contributed by atoms with E-state index < -0.39 is 30.9 Å². The van der Waals surface area contributed by atoms with Crippen molar-refractivity contribution in [3.63, 3.8) is 0 Å². The molecule has 8 nitrogen and oxygen atoms in total. The predicted octanol–water partition coefficient (Wildman–Crippen LogP) is -0.284. The molecule has 21 heavy (non-hydrogen) atoms. The normalized spacial score (nSPS) is 9.81. The molecule has 1 aromatic rings. The van der Waals surface area contributed by atoms with E-state index in [4.69, 9.17) is 20.3 Å². The number of ether oxygens (including phenoxy) is 2. The van der Waals surface area contributed by atoms with Crippen LogP contribution in [0.15, 0.2) is 18.2 Å². The number of hydrogen-bond donors (Lipinski definition) is 2. The molecule has 1 aromatic carbocycles. The van der Waals surface area contributed by atoms with Crippen LogP contribution in [-0.2, 0) is 9.59 Å². The van der Waals surface area contributed by atoms with Crippen LogP contribution in [0, 0.1) is 0 Å². The summed E-state index contributed by atoms with van der Waals surface area (Å²) < 4.78 is 10.1. The first-order valence-electron chi connectivity index (χ1n) is 5.90. The van der Waals surface area contributed by atoms with E-state index in [1.807, 2.05) is 0 Å². The van der Waals surface area contributed by atoms with Crippen molar-refractivity contribution >= 4 is 17.8 Å². The van der Waals surface area contributed by atoms with Crippen LogP contribution in [0.2, 0.25) is 0 Å². The number of aliphatic carboxylic acids is 1. The van der Waals surface area contributed by atoms with E-state index in [1.165, 1.54) is 26.4 Å². The van der Waals surface area contributed by atoms with Crippen molar-refractivity contribution in [2.24, 2.45) is 5.73 Å². The van der Waals surface area contributed by atoms with Gasteiger partial charge >= 0.3 is 5.97 Å². The summed E-state index contributed by atoms with van der Waals surface area (Å²) in [4.78, 5) is 35.0. The molecule has 3 N–H and O–H groups in total. The third-order valence-corrected chi connectivity index (χ3v) is 2.60. The number of carbonyl (C=O) groups is 3. The van der Waals surface area contributed by atoms with Gasteiger partial charge in [-0.15, -0.1) is 0 Å². The third kappa shape index (κ3) is 4.37. The molecule has 0 aromatic heterocycles. The molecule has 2 amide bonds. The minimum absolute atomic E-state index is 0.0827. The van der Waals surface area contributed by atoms with Gasteiger partial charge in [0, 0.05) is 0 Å². The van der Waals surface area contributed by atoms with Gasteiger partial charge in [0.25, 0.3) is 5.91 Å². The topological polar surface area (TPSA) is 119 Å². The van der Waals surface area contributed by atoms with Crippen molar-refractivity contribution in [2.45, 2.75) is 0 Å². The second-order valence-electron chi connectivity index (χ2n) is 4.09. The fourth-order valence-corrected chi connectivity index (χ4v) is 1.70. The Balaban J connectivity index is 3.17. The number of methoxy groups -OCH3 is 2. The number of benzene rings is 1. The highest BCUT2D eigenvalue weighted by molar-refractivity contribution is 6.00. The summed E-state index contributed by atoms with van der Waals surface area (Å²) in [6, 6.07) is 4.50. The molecule has 0 unspecified atom stereocenters. The first-order valence-corrected chi connectivity index (χ1v) is 5.90. The van der Waals surface area contributed by atoms with E-state index in [1.54, 1.807) is 6.07 Å². The molecule has 0 fully saturated rings. The highest BCUT2D eigenvalue weighted by Gasteiger charge is 2.23. The second kappa shape index (κ2) is 7.13. The smallest absolute Gasteiger partial charge is 0.323 e. The summed E-state index contributed by atoms with van der Waals surface area (Å²) in [6.45, 7) is -1.16. The molecule has 0 heterocycles. The average molecular weight is 296 g/mol. The summed E-state index contributed by atoms with van der Waals surface area (Å²) in [5, 5.41) is 8.82. The molecule has 8 heteroatoms. The van der Waals surface area contributed by atoms with Gasteiger partial charge in [-0.3, -0.25) is 14.4 Å². The Morgan fingerprint density at radius 3 is 2.33 bits per heavy atom. The van der Waals surface area contributed by atoms with Crippen molar-refractivity contribution in [1.29, 1.82) is 0 Å². The van der Waals surface area contributed by atoms with Gasteiger partial charge in [0.2, 0.25) is 5.91 Å². The molecular weight excluding hydrogens is 280 g/mol. The first-order chi connectivity index (χ1) is 9.88. The maximum Gasteiger partial charge on any atom is 0.323 e. The Hall–Kier alpha value is -2.77. The number of primary amides is 1. The van der Waals surface area contributed by atoms with Gasteiger partial charge in [-0.25, -0.2) is 0 Å². The Morgan fingerprint density at radius 1 is 1.19 bits per heavy atom. The van der Waals surface area contributed by atoms with Gasteiger partial charge in [0.05, 0.1) is 19.8 Å². The van der Waals surface area contributed by atoms with Gasteiger partial charge in [-0.2, -0.15) is 0 Å². The molecule has 0 saturated heterocycles. The maximum absolute atomic E-state index is 12.4. The summed E-state index contributed by atoms with van der Waals surface area (Å²) >= 11 is 0. The summed E-state index contributed by atoms with van der Waals surface area (Å²) in [7, 11) is 2.79. The minimum atomic E-state index is -1.26. The fourth-order valence-electron chi connectivity index (χ4n) is 1.70. The molecular formula is C13H16N2O6. The summed E-state index contributed by atoms with van der Waals surface area (Å²) in [6.07, 6.45) is 0. The molecule has 0 aliphatic heterocycles. The number of amides is 2. The van der Waals surface area contributed by atoms with Gasteiger partial charge < -0.3 is 25.2 Å². The Kier molecular flexibility index (Phi) is 5.53. The first kappa shape index (κ1) is 16.3. The lowest BCUT2D eigenvalue weighted by Gasteiger charge is -2.20. The highest BCUT2D eigenvalue weighted by atomic mass is 16.5. The Morgan fingerprint density at radius 2 is 1.86 bits per heavy atom. The SMILES string of the molecule is COc1ccc(OC)c(C(=O)N(CC(N)=O)CC(=O)O)c1. The molecule has 0 aliphatic rings. The van der Waals surface area contributed by atoms with Crippen LogP contribution < -0.4 is 15.2 Å². The lowest BCUT2D eigenvalue weighted by atomic mass is 10.1. The molecule has 0 spiro atoms. The minimum Gasteiger partial charge on any atom is -0.497 e. The number of rotatable bonds is 7. The molecule has 1 rings (SSSR count). The van der Waals surface area contributed by atoms with Crippen molar-refractivity contribution in [3.05, 3.63) is 23.8 Å². The molecule has 114 valence electrons. The zero-order valence-corrected chi connectivity index (χ0v) is 11.7. The van der Waals surface area contributed by atoms with Gasteiger partial charge in [0.1, 0.15) is 24.6 Å². The number of nitrogens with zero attached hydrogens (tertiary/aromatic N) is 1. The highest BCUT2D eigenvalue weighted by Crippen LogP contribution is 2.25. The van der Waals surface area contributed by atoms with Crippen molar-refractivity contribution in [2.75, 3.05) is 27.3 Å². The monoisotopic (exact) mass is 296 g/mol. The largest absolute Gasteiger partial charge is 0.497 e. The number of carboxylic acids is 1. The fraction of sp³-hybridized carbons (Fsp3) is 0.308. The molecule has 0 saturated carbocycles. The van der Waals surface area contributed by atoms with E-state index in [0.717, 1.165) is 4.90 Å². The van der Waals surface area contributed by atoms with Gasteiger partial charge in [-0.05, 0) is 18.2 Å². The second-order valence-corrected chi connectivity index (χ2v) is 4.09. The standard InChI is InChI=1S/C13H16N2O6/c1-20-8-3-4-10(21-2)9(5-8)13(19)15(6-11(14)16)7-12(17)18/h3-5H,6-7H2,1-2H3,(H2,14,16)(H,17,18). The number of hydrogen-bond acceptors (Lipinski definition) is 5. The molecule has 0 radical (unpaired) electrons. The van der Waals surface area contributed by atoms with E-state index in [0.29, 0.717) is 5.75 Å². The average Bonchev–Trinajstić information content (AvgIpc) is 2.44. The maximum atomic E-state index is 12.4. The number of carbonyl (C=O) groups excluding carboxylic acids is 2. The lowest BCUT2D eigenvalue weighted by molar-refractivity contribution is -0.138. The lowest BCUT2D eigenvalue weighted by Crippen LogP contribution is -2.41. The van der Waals surface area contributed by atoms with Crippen LogP contribution in [0.3, 0.4) is 0 Å². The van der Waals surface area contributed by atoms with E-state index in [-0.39, 0.29) is 11.3 Å². The van der Waals surface area contributed by atoms with E-state index in [9.17, 15) is 14.4 Å². The van der Waals surface area contributed by atoms with Crippen LogP contribution >= 0.6 is 0 Å². The summed E-state index contributed by atoms with van der Waals surface area (Å²) in [5.74, 6) is -2.13. The van der Waals surface area contributed by atoms with Crippen LogP contribution in [0.4, 0.5) is 0 Å². The molecule has 0 aliphatic carbocycles. The van der Waals surface area contributed by atoms with Crippen LogP contribution in [0.1, 0.15) is 10.4 Å². The van der Waals surface area contributed by atoms with Crippen molar-refractivity contribution < 1.29 is 29.0 Å². The van der Waals surface area contributed by atoms with E-state index >= 15 is 0 Å². The van der Waals surface area contributed by atoms with Crippen molar-refractivity contribution in [3.8, 4) is 11.5 Å². The van der Waals surface area contributed by atoms with Gasteiger partial charge in [-0.1, -0.05) is 0 Å². The summed E-state index contributed by atoms with van der Waals surface area (Å²) in [5.41, 5.74) is 5.11. The van der Waals surface area contributed by atoms with Crippen LogP contribution in [0.5, 0.6) is 11.5 Å². The predicted molar refractivity (Wildman–Crippen MR) is 72.3 cm³/mol. The third-order valence-electron chi connectivity index (χ3n) is 2.60. The molecule has 0 atom stereocenters. The number of carboxylic acid groups (broad SMARTS) is 1. The van der Waals surface area contributed by atoms with E-state index in [2.05, 4.69) is 0 Å². The quantitative estimate of drug-likeness (QED) is 0.714. The number of nitrogens with two attached hydrogens (primary N) is 1. The Bertz CT molecular complexity index is 542. The zero-order chi connectivity index (χ0) is 16.0. The Labute approximate surface area is 121 Å². The van der Waals surface area contributed by atoms with Crippen LogP contribution in [-0.4, -0.2) is 55.1 Å².